The van der Waals surface area contributed by atoms with Gasteiger partial charge in [-0.15, -0.1) is 15.6 Å². The van der Waals surface area contributed by atoms with Gasteiger partial charge in [-0.3, -0.25) is 0 Å². The van der Waals surface area contributed by atoms with E-state index in [2.05, 4.69) is 34.6 Å². The Kier molecular flexibility index (Phi) is 23.4. The Morgan fingerprint density at radius 3 is 0.964 bits per heavy atom. The topological polar surface area (TPSA) is 0 Å². The molecule has 0 unspecified atom stereocenters. The average Bonchev–Trinajstić information content (AvgIpc) is 2.70. The molecule has 0 spiro atoms. The second-order valence-corrected chi connectivity index (χ2v) is 14.7. The van der Waals surface area contributed by atoms with E-state index < -0.39 is 0 Å². The molecular formula is C25H55BP2. The van der Waals surface area contributed by atoms with Crippen molar-refractivity contribution in [3.05, 3.63) is 0 Å². The van der Waals surface area contributed by atoms with Gasteiger partial charge >= 0.3 is 0 Å². The minimum Gasteiger partial charge on any atom is -0.134 e. The van der Waals surface area contributed by atoms with Gasteiger partial charge in [-0.05, 0) is 24.6 Å². The number of unbranched alkanes of at least 4 members (excludes halogenated alkanes) is 10. The van der Waals surface area contributed by atoms with Crippen LogP contribution < -0.4 is 0 Å². The fraction of sp³-hybridized carbons (Fsp3) is 1.00. The van der Waals surface area contributed by atoms with E-state index in [9.17, 15) is 0 Å². The molecule has 168 valence electrons. The highest BCUT2D eigenvalue weighted by molar-refractivity contribution is 8.19. The van der Waals surface area contributed by atoms with Gasteiger partial charge in [0.25, 0.3) is 0 Å². The second-order valence-electron chi connectivity index (χ2n) is 8.88. The van der Waals surface area contributed by atoms with Crippen LogP contribution in [0.3, 0.4) is 0 Å². The molecule has 0 atom stereocenters. The first kappa shape index (κ1) is 28.9. The Balaban J connectivity index is 5.16. The van der Waals surface area contributed by atoms with Crippen LogP contribution in [0.4, 0.5) is 0 Å². The molecular weight excluding hydrogens is 373 g/mol. The predicted octanol–water partition coefficient (Wildman–Crippen LogP) is 10.4. The first-order valence-electron chi connectivity index (χ1n) is 13.2. The third kappa shape index (κ3) is 15.7. The number of hydrogen-bond donors (Lipinski definition) is 0. The minimum atomic E-state index is 0.284. The van der Waals surface area contributed by atoms with E-state index in [0.29, 0.717) is 0 Å². The zero-order valence-electron chi connectivity index (χ0n) is 20.6. The first-order valence-corrected chi connectivity index (χ1v) is 16.8. The lowest BCUT2D eigenvalue weighted by Gasteiger charge is -2.33. The van der Waals surface area contributed by atoms with Crippen LogP contribution in [0.1, 0.15) is 131 Å². The van der Waals surface area contributed by atoms with Gasteiger partial charge in [0.15, 0.2) is 6.15 Å². The molecule has 0 nitrogen and oxygen atoms in total. The van der Waals surface area contributed by atoms with Crippen LogP contribution in [0.5, 0.6) is 0 Å². The maximum absolute atomic E-state index is 2.38. The second kappa shape index (κ2) is 22.6. The fourth-order valence-corrected chi connectivity index (χ4v) is 12.7. The SMILES string of the molecule is CCCCCB(P(CCCCC)CCCCC)P(CCCCC)CCCCC. The highest BCUT2D eigenvalue weighted by Gasteiger charge is 2.30. The van der Waals surface area contributed by atoms with Crippen molar-refractivity contribution in [1.29, 1.82) is 0 Å². The summed E-state index contributed by atoms with van der Waals surface area (Å²) in [4.78, 5) is 0. The molecule has 0 aliphatic heterocycles. The molecule has 0 aliphatic carbocycles. The van der Waals surface area contributed by atoms with E-state index in [-0.39, 0.29) is 15.6 Å². The largest absolute Gasteiger partial charge is 0.199 e. The zero-order valence-corrected chi connectivity index (χ0v) is 22.4. The summed E-state index contributed by atoms with van der Waals surface area (Å²) >= 11 is 0. The maximum atomic E-state index is 2.38. The molecule has 0 aromatic rings. The van der Waals surface area contributed by atoms with Crippen molar-refractivity contribution in [2.45, 2.75) is 137 Å². The summed E-state index contributed by atoms with van der Waals surface area (Å²) in [5, 5.41) is 0. The Bertz CT molecular complexity index is 254. The van der Waals surface area contributed by atoms with Crippen LogP contribution in [-0.4, -0.2) is 30.8 Å². The normalized spacial score (nSPS) is 11.7. The lowest BCUT2D eigenvalue weighted by molar-refractivity contribution is 0.759. The van der Waals surface area contributed by atoms with Crippen molar-refractivity contribution >= 4 is 21.8 Å². The highest BCUT2D eigenvalue weighted by Crippen LogP contribution is 2.59. The van der Waals surface area contributed by atoms with Crippen LogP contribution in [0, 0.1) is 0 Å². The molecule has 0 aromatic carbocycles. The lowest BCUT2D eigenvalue weighted by Crippen LogP contribution is -2.17. The van der Waals surface area contributed by atoms with Gasteiger partial charge in [0.1, 0.15) is 0 Å². The van der Waals surface area contributed by atoms with Crippen molar-refractivity contribution in [3.8, 4) is 0 Å². The van der Waals surface area contributed by atoms with Gasteiger partial charge in [0, 0.05) is 0 Å². The molecule has 0 saturated carbocycles. The third-order valence-corrected chi connectivity index (χ3v) is 13.8. The van der Waals surface area contributed by atoms with Crippen LogP contribution in [0.2, 0.25) is 6.32 Å². The van der Waals surface area contributed by atoms with Crippen LogP contribution in [0.15, 0.2) is 0 Å². The van der Waals surface area contributed by atoms with E-state index in [1.54, 1.807) is 31.0 Å². The maximum Gasteiger partial charge on any atom is 0.199 e. The number of hydrogen-bond acceptors (Lipinski definition) is 0. The van der Waals surface area contributed by atoms with Crippen LogP contribution in [0.25, 0.3) is 0 Å². The van der Waals surface area contributed by atoms with E-state index in [1.807, 2.05) is 0 Å². The Hall–Kier alpha value is 0.925. The average molecular weight is 428 g/mol. The van der Waals surface area contributed by atoms with Gasteiger partial charge in [0.2, 0.25) is 0 Å². The molecule has 0 saturated heterocycles. The zero-order chi connectivity index (χ0) is 20.9. The van der Waals surface area contributed by atoms with Gasteiger partial charge in [-0.1, -0.05) is 137 Å². The van der Waals surface area contributed by atoms with Crippen molar-refractivity contribution in [3.63, 3.8) is 0 Å². The molecule has 28 heavy (non-hydrogen) atoms. The van der Waals surface area contributed by atoms with Gasteiger partial charge in [0.05, 0.1) is 0 Å². The summed E-state index contributed by atoms with van der Waals surface area (Å²) < 4.78 is 0. The Morgan fingerprint density at radius 1 is 0.393 bits per heavy atom. The Labute approximate surface area is 183 Å². The van der Waals surface area contributed by atoms with E-state index >= 15 is 0 Å². The van der Waals surface area contributed by atoms with Crippen LogP contribution in [-0.2, 0) is 0 Å². The molecule has 0 fully saturated rings. The molecule has 0 amide bonds. The monoisotopic (exact) mass is 428 g/mol. The minimum absolute atomic E-state index is 0.284. The molecule has 0 aromatic heterocycles. The number of rotatable bonds is 22. The van der Waals surface area contributed by atoms with Crippen LogP contribution >= 0.6 is 15.6 Å². The summed E-state index contributed by atoms with van der Waals surface area (Å²) in [6, 6.07) is 0. The molecule has 0 rings (SSSR count). The summed E-state index contributed by atoms with van der Waals surface area (Å²) in [5.41, 5.74) is 0. The van der Waals surface area contributed by atoms with E-state index in [1.165, 1.54) is 96.3 Å². The van der Waals surface area contributed by atoms with Gasteiger partial charge in [-0.25, -0.2) is 0 Å². The van der Waals surface area contributed by atoms with Gasteiger partial charge < -0.3 is 0 Å². The third-order valence-electron chi connectivity index (χ3n) is 6.10. The molecule has 0 radical (unpaired) electrons. The van der Waals surface area contributed by atoms with Crippen molar-refractivity contribution in [2.24, 2.45) is 0 Å². The standard InChI is InChI=1S/C25H55BP2/c1-6-11-16-21-26(27(22-17-12-7-2)23-18-13-8-3)28(24-19-14-9-4)25-20-15-10-5/h6-25H2,1-5H3. The molecule has 0 aliphatic rings. The van der Waals surface area contributed by atoms with Crippen molar-refractivity contribution < 1.29 is 0 Å². The molecule has 3 heteroatoms. The Morgan fingerprint density at radius 2 is 0.679 bits per heavy atom. The molecule has 0 bridgehead atoms. The highest BCUT2D eigenvalue weighted by atomic mass is 31.2. The van der Waals surface area contributed by atoms with E-state index in [4.69, 9.17) is 0 Å². The lowest BCUT2D eigenvalue weighted by atomic mass is 9.95. The molecule has 0 N–H and O–H groups in total. The molecule has 0 heterocycles. The van der Waals surface area contributed by atoms with Crippen molar-refractivity contribution in [2.75, 3.05) is 24.6 Å². The summed E-state index contributed by atoms with van der Waals surface area (Å²) in [6.07, 6.45) is 31.0. The van der Waals surface area contributed by atoms with Gasteiger partial charge in [-0.2, -0.15) is 0 Å². The van der Waals surface area contributed by atoms with E-state index in [0.717, 1.165) is 6.15 Å². The predicted molar refractivity (Wildman–Crippen MR) is 141 cm³/mol. The van der Waals surface area contributed by atoms with Crippen molar-refractivity contribution in [1.82, 2.24) is 0 Å². The fourth-order valence-electron chi connectivity index (χ4n) is 4.25. The quantitative estimate of drug-likeness (QED) is 0.0914. The summed E-state index contributed by atoms with van der Waals surface area (Å²) in [6.45, 7) is 11.9. The first-order chi connectivity index (χ1) is 13.7. The smallest absolute Gasteiger partial charge is 0.134 e. The summed E-state index contributed by atoms with van der Waals surface area (Å²) in [5.74, 6) is 0. The summed E-state index contributed by atoms with van der Waals surface area (Å²) in [7, 11) is 0.568.